The first-order valence-corrected chi connectivity index (χ1v) is 9.37. The molecule has 0 spiro atoms. The molecule has 0 saturated carbocycles. The van der Waals surface area contributed by atoms with Crippen LogP contribution in [0.25, 0.3) is 17.1 Å². The van der Waals surface area contributed by atoms with E-state index >= 15 is 0 Å². The van der Waals surface area contributed by atoms with Gasteiger partial charge in [0.1, 0.15) is 5.76 Å². The number of hydrogen-bond donors (Lipinski definition) is 1. The lowest BCUT2D eigenvalue weighted by Gasteiger charge is -2.15. The first kappa shape index (κ1) is 18.3. The first-order valence-electron chi connectivity index (χ1n) is 8.49. The van der Waals surface area contributed by atoms with Crippen LogP contribution in [0.5, 0.6) is 0 Å². The quantitative estimate of drug-likeness (QED) is 0.668. The summed E-state index contributed by atoms with van der Waals surface area (Å²) in [6.07, 6.45) is 1.64. The highest BCUT2D eigenvalue weighted by Crippen LogP contribution is 2.31. The van der Waals surface area contributed by atoms with Crippen molar-refractivity contribution < 1.29 is 9.21 Å². The van der Waals surface area contributed by atoms with Crippen molar-refractivity contribution >= 4 is 17.7 Å². The van der Waals surface area contributed by atoms with E-state index in [1.54, 1.807) is 6.26 Å². The molecule has 1 atom stereocenters. The van der Waals surface area contributed by atoms with Gasteiger partial charge in [0, 0.05) is 11.7 Å². The minimum absolute atomic E-state index is 0.0198. The lowest BCUT2D eigenvalue weighted by molar-refractivity contribution is -0.120. The Kier molecular flexibility index (Phi) is 5.46. The number of benzene rings is 1. The lowest BCUT2D eigenvalue weighted by atomic mass is 10.2. The van der Waals surface area contributed by atoms with Crippen molar-refractivity contribution in [1.82, 2.24) is 20.1 Å². The van der Waals surface area contributed by atoms with Crippen molar-refractivity contribution in [3.05, 3.63) is 48.4 Å². The second kappa shape index (κ2) is 7.78. The number of hydrogen-bond acceptors (Lipinski definition) is 5. The second-order valence-corrected chi connectivity index (χ2v) is 7.60. The van der Waals surface area contributed by atoms with Crippen molar-refractivity contribution in [3.8, 4) is 17.1 Å². The Hall–Kier alpha value is -2.54. The Morgan fingerprint density at radius 2 is 1.88 bits per heavy atom. The van der Waals surface area contributed by atoms with Crippen LogP contribution in [-0.2, 0) is 4.79 Å². The Morgan fingerprint density at radius 3 is 2.50 bits per heavy atom. The molecule has 26 heavy (non-hydrogen) atoms. The van der Waals surface area contributed by atoms with Gasteiger partial charge in [-0.05, 0) is 45.9 Å². The zero-order valence-corrected chi connectivity index (χ0v) is 16.1. The molecule has 0 aliphatic rings. The van der Waals surface area contributed by atoms with Crippen LogP contribution in [0, 0.1) is 6.92 Å². The summed E-state index contributed by atoms with van der Waals surface area (Å²) in [4.78, 5) is 12.3. The third kappa shape index (κ3) is 3.83. The molecule has 6 nitrogen and oxygen atoms in total. The minimum atomic E-state index is -0.289. The molecule has 3 rings (SSSR count). The summed E-state index contributed by atoms with van der Waals surface area (Å²) in [5.41, 5.74) is 1.82. The molecule has 2 heterocycles. The summed E-state index contributed by atoms with van der Waals surface area (Å²) in [6.45, 7) is 7.66. The largest absolute Gasteiger partial charge is 0.469 e. The van der Waals surface area contributed by atoms with E-state index in [9.17, 15) is 4.79 Å². The summed E-state index contributed by atoms with van der Waals surface area (Å²) in [5, 5.41) is 12.0. The van der Waals surface area contributed by atoms with Gasteiger partial charge in [0.25, 0.3) is 0 Å². The standard InChI is InChI=1S/C19H22N4O2S/c1-12(2)20-18(24)14(4)26-19-22-21-17(16-10-11-25-13(16)3)23(19)15-8-6-5-7-9-15/h5-12,14H,1-4H3,(H,20,24)/t14-/m0/s1. The van der Waals surface area contributed by atoms with Gasteiger partial charge in [0.15, 0.2) is 11.0 Å². The smallest absolute Gasteiger partial charge is 0.233 e. The van der Waals surface area contributed by atoms with Gasteiger partial charge >= 0.3 is 0 Å². The van der Waals surface area contributed by atoms with Crippen molar-refractivity contribution in [3.63, 3.8) is 0 Å². The summed E-state index contributed by atoms with van der Waals surface area (Å²) < 4.78 is 7.39. The topological polar surface area (TPSA) is 72.9 Å². The Bertz CT molecular complexity index is 886. The molecular formula is C19H22N4O2S. The van der Waals surface area contributed by atoms with Gasteiger partial charge in [-0.1, -0.05) is 30.0 Å². The summed E-state index contributed by atoms with van der Waals surface area (Å²) in [6, 6.07) is 11.8. The minimum Gasteiger partial charge on any atom is -0.469 e. The number of carbonyl (C=O) groups is 1. The number of aryl methyl sites for hydroxylation is 1. The van der Waals surface area contributed by atoms with E-state index in [2.05, 4.69) is 15.5 Å². The second-order valence-electron chi connectivity index (χ2n) is 6.29. The van der Waals surface area contributed by atoms with E-state index in [0.717, 1.165) is 17.0 Å². The maximum absolute atomic E-state index is 12.3. The van der Waals surface area contributed by atoms with Gasteiger partial charge in [-0.2, -0.15) is 0 Å². The molecule has 1 aromatic carbocycles. The number of para-hydroxylation sites is 1. The van der Waals surface area contributed by atoms with E-state index in [-0.39, 0.29) is 17.2 Å². The molecule has 0 aliphatic heterocycles. The van der Waals surface area contributed by atoms with Gasteiger partial charge < -0.3 is 9.73 Å². The van der Waals surface area contributed by atoms with Crippen LogP contribution in [-0.4, -0.2) is 32.0 Å². The highest BCUT2D eigenvalue weighted by Gasteiger charge is 2.23. The molecule has 0 bridgehead atoms. The number of amides is 1. The average molecular weight is 370 g/mol. The summed E-state index contributed by atoms with van der Waals surface area (Å²) in [7, 11) is 0. The molecule has 0 fully saturated rings. The van der Waals surface area contributed by atoms with E-state index in [1.807, 2.05) is 68.7 Å². The van der Waals surface area contributed by atoms with Crippen LogP contribution in [0.3, 0.4) is 0 Å². The van der Waals surface area contributed by atoms with Crippen LogP contribution in [0.1, 0.15) is 26.5 Å². The number of nitrogens with zero attached hydrogens (tertiary/aromatic N) is 3. The highest BCUT2D eigenvalue weighted by atomic mass is 32.2. The van der Waals surface area contributed by atoms with Crippen LogP contribution >= 0.6 is 11.8 Å². The van der Waals surface area contributed by atoms with Gasteiger partial charge in [0.05, 0.1) is 17.1 Å². The van der Waals surface area contributed by atoms with E-state index < -0.39 is 0 Å². The molecule has 1 amide bonds. The predicted octanol–water partition coefficient (Wildman–Crippen LogP) is 3.84. The molecule has 1 N–H and O–H groups in total. The third-order valence-electron chi connectivity index (χ3n) is 3.83. The fraction of sp³-hybridized carbons (Fsp3) is 0.316. The van der Waals surface area contributed by atoms with Gasteiger partial charge in [-0.15, -0.1) is 10.2 Å². The predicted molar refractivity (Wildman–Crippen MR) is 102 cm³/mol. The van der Waals surface area contributed by atoms with Crippen molar-refractivity contribution in [2.75, 3.05) is 0 Å². The normalized spacial score (nSPS) is 12.3. The van der Waals surface area contributed by atoms with E-state index in [0.29, 0.717) is 11.0 Å². The number of nitrogens with one attached hydrogen (secondary N) is 1. The zero-order valence-electron chi connectivity index (χ0n) is 15.3. The number of furan rings is 1. The van der Waals surface area contributed by atoms with Crippen molar-refractivity contribution in [2.45, 2.75) is 44.1 Å². The Morgan fingerprint density at radius 1 is 1.15 bits per heavy atom. The van der Waals surface area contributed by atoms with Crippen LogP contribution in [0.2, 0.25) is 0 Å². The molecule has 0 saturated heterocycles. The summed E-state index contributed by atoms with van der Waals surface area (Å²) in [5.74, 6) is 1.45. The van der Waals surface area contributed by atoms with E-state index in [4.69, 9.17) is 4.42 Å². The number of thioether (sulfide) groups is 1. The fourth-order valence-corrected chi connectivity index (χ4v) is 3.44. The molecular weight excluding hydrogens is 348 g/mol. The first-order chi connectivity index (χ1) is 12.5. The van der Waals surface area contributed by atoms with E-state index in [1.165, 1.54) is 11.8 Å². The number of rotatable bonds is 6. The highest BCUT2D eigenvalue weighted by molar-refractivity contribution is 8.00. The summed E-state index contributed by atoms with van der Waals surface area (Å²) >= 11 is 1.39. The molecule has 0 unspecified atom stereocenters. The molecule has 7 heteroatoms. The fourth-order valence-electron chi connectivity index (χ4n) is 2.56. The van der Waals surface area contributed by atoms with Gasteiger partial charge in [-0.3, -0.25) is 9.36 Å². The van der Waals surface area contributed by atoms with Gasteiger partial charge in [0.2, 0.25) is 5.91 Å². The van der Waals surface area contributed by atoms with Crippen molar-refractivity contribution in [2.24, 2.45) is 0 Å². The molecule has 0 aliphatic carbocycles. The average Bonchev–Trinajstić information content (AvgIpc) is 3.20. The SMILES string of the molecule is Cc1occc1-c1nnc(S[C@@H](C)C(=O)NC(C)C)n1-c1ccccc1. The number of carbonyl (C=O) groups excluding carboxylic acids is 1. The van der Waals surface area contributed by atoms with Crippen molar-refractivity contribution in [1.29, 1.82) is 0 Å². The maximum atomic E-state index is 12.3. The Labute approximate surface area is 157 Å². The zero-order chi connectivity index (χ0) is 18.7. The molecule has 136 valence electrons. The molecule has 2 aromatic heterocycles. The maximum Gasteiger partial charge on any atom is 0.233 e. The van der Waals surface area contributed by atoms with Crippen LogP contribution < -0.4 is 5.32 Å². The molecule has 0 radical (unpaired) electrons. The molecule has 3 aromatic rings. The van der Waals surface area contributed by atoms with Crippen LogP contribution in [0.15, 0.2) is 52.2 Å². The lowest BCUT2D eigenvalue weighted by Crippen LogP contribution is -2.36. The van der Waals surface area contributed by atoms with Gasteiger partial charge in [-0.25, -0.2) is 0 Å². The number of aromatic nitrogens is 3. The third-order valence-corrected chi connectivity index (χ3v) is 4.87. The Balaban J connectivity index is 2.00. The van der Waals surface area contributed by atoms with Crippen LogP contribution in [0.4, 0.5) is 0 Å². The monoisotopic (exact) mass is 370 g/mol.